The predicted molar refractivity (Wildman–Crippen MR) is 73.1 cm³/mol. The van der Waals surface area contributed by atoms with Crippen LogP contribution in [0.2, 0.25) is 0 Å². The Balaban J connectivity index is 2.56. The van der Waals surface area contributed by atoms with E-state index in [0.717, 1.165) is 12.8 Å². The summed E-state index contributed by atoms with van der Waals surface area (Å²) in [6, 6.07) is 1.34. The summed E-state index contributed by atoms with van der Waals surface area (Å²) >= 11 is 5.65. The van der Waals surface area contributed by atoms with Crippen molar-refractivity contribution in [3.05, 3.63) is 34.2 Å². The summed E-state index contributed by atoms with van der Waals surface area (Å²) in [5.74, 6) is 0.284. The van der Waals surface area contributed by atoms with Gasteiger partial charge in [0.1, 0.15) is 5.56 Å². The maximum Gasteiger partial charge on any atom is 0.256 e. The number of nitrogens with one attached hydrogen (secondary N) is 2. The van der Waals surface area contributed by atoms with Crippen molar-refractivity contribution >= 4 is 17.5 Å². The number of aromatic amines is 1. The summed E-state index contributed by atoms with van der Waals surface area (Å²) in [6.45, 7) is 4.65. The van der Waals surface area contributed by atoms with Gasteiger partial charge in [0.2, 0.25) is 0 Å². The van der Waals surface area contributed by atoms with E-state index >= 15 is 0 Å². The topological polar surface area (TPSA) is 62.0 Å². The van der Waals surface area contributed by atoms with Crippen molar-refractivity contribution in [2.45, 2.75) is 26.7 Å². The molecular weight excluding hydrogens is 252 g/mol. The number of halogens is 1. The summed E-state index contributed by atoms with van der Waals surface area (Å²) < 4.78 is 0. The molecule has 0 aliphatic carbocycles. The monoisotopic (exact) mass is 270 g/mol. The molecule has 1 aromatic heterocycles. The molecule has 18 heavy (non-hydrogen) atoms. The highest BCUT2D eigenvalue weighted by molar-refractivity contribution is 6.17. The lowest BCUT2D eigenvalue weighted by molar-refractivity contribution is 0.0933. The number of rotatable bonds is 6. The van der Waals surface area contributed by atoms with Crippen LogP contribution in [0, 0.1) is 5.41 Å². The Hall–Kier alpha value is -1.29. The van der Waals surface area contributed by atoms with Gasteiger partial charge in [0, 0.05) is 30.9 Å². The highest BCUT2D eigenvalue weighted by Gasteiger charge is 2.19. The second kappa shape index (κ2) is 6.59. The normalized spacial score (nSPS) is 11.3. The van der Waals surface area contributed by atoms with E-state index in [-0.39, 0.29) is 22.3 Å². The zero-order chi connectivity index (χ0) is 13.6. The fourth-order valence-electron chi connectivity index (χ4n) is 1.64. The summed E-state index contributed by atoms with van der Waals surface area (Å²) in [4.78, 5) is 26.0. The summed E-state index contributed by atoms with van der Waals surface area (Å²) in [5.41, 5.74) is -0.151. The quantitative estimate of drug-likeness (QED) is 0.778. The van der Waals surface area contributed by atoms with Crippen LogP contribution in [0.1, 0.15) is 37.0 Å². The zero-order valence-electron chi connectivity index (χ0n) is 10.8. The number of carbonyl (C=O) groups is 1. The molecular formula is C13H19ClN2O2. The number of H-pyrrole nitrogens is 1. The van der Waals surface area contributed by atoms with Crippen molar-refractivity contribution in [3.8, 4) is 0 Å². The maximum atomic E-state index is 11.8. The summed E-state index contributed by atoms with van der Waals surface area (Å²) in [7, 11) is 0. The SMILES string of the molecule is CC(C)(CCCCl)CNC(=O)c1c[nH]ccc1=O. The third kappa shape index (κ3) is 4.53. The molecule has 1 aromatic rings. The van der Waals surface area contributed by atoms with E-state index in [4.69, 9.17) is 11.6 Å². The Morgan fingerprint density at radius 3 is 2.83 bits per heavy atom. The molecule has 0 aliphatic rings. The van der Waals surface area contributed by atoms with Gasteiger partial charge in [0.05, 0.1) is 0 Å². The number of pyridine rings is 1. The van der Waals surface area contributed by atoms with E-state index in [2.05, 4.69) is 24.1 Å². The second-order valence-corrected chi connectivity index (χ2v) is 5.44. The highest BCUT2D eigenvalue weighted by Crippen LogP contribution is 2.21. The van der Waals surface area contributed by atoms with Crippen LogP contribution in [-0.2, 0) is 0 Å². The van der Waals surface area contributed by atoms with E-state index in [9.17, 15) is 9.59 Å². The first-order chi connectivity index (χ1) is 8.46. The van der Waals surface area contributed by atoms with Gasteiger partial charge in [-0.05, 0) is 18.3 Å². The molecule has 0 aliphatic heterocycles. The van der Waals surface area contributed by atoms with Crippen molar-refractivity contribution in [2.24, 2.45) is 5.41 Å². The molecule has 0 aromatic carbocycles. The van der Waals surface area contributed by atoms with E-state index in [1.807, 2.05) is 0 Å². The number of aromatic nitrogens is 1. The maximum absolute atomic E-state index is 11.8. The zero-order valence-corrected chi connectivity index (χ0v) is 11.5. The molecule has 0 saturated heterocycles. The van der Waals surface area contributed by atoms with Gasteiger partial charge in [-0.15, -0.1) is 11.6 Å². The standard InChI is InChI=1S/C13H19ClN2O2/c1-13(2,5-3-6-14)9-16-12(18)10-8-15-7-4-11(10)17/h4,7-8H,3,5-6,9H2,1-2H3,(H,15,17)(H,16,18). The molecule has 2 N–H and O–H groups in total. The average Bonchev–Trinajstić information content (AvgIpc) is 2.34. The lowest BCUT2D eigenvalue weighted by atomic mass is 9.88. The molecule has 0 bridgehead atoms. The van der Waals surface area contributed by atoms with E-state index in [1.165, 1.54) is 18.5 Å². The molecule has 0 unspecified atom stereocenters. The Morgan fingerprint density at radius 2 is 2.22 bits per heavy atom. The average molecular weight is 271 g/mol. The van der Waals surface area contributed by atoms with Crippen molar-refractivity contribution in [3.63, 3.8) is 0 Å². The Kier molecular flexibility index (Phi) is 5.41. The largest absolute Gasteiger partial charge is 0.367 e. The van der Waals surface area contributed by atoms with Crippen LogP contribution in [0.4, 0.5) is 0 Å². The number of alkyl halides is 1. The molecule has 4 nitrogen and oxygen atoms in total. The first kappa shape index (κ1) is 14.8. The Bertz CT molecular complexity index is 454. The van der Waals surface area contributed by atoms with Crippen LogP contribution in [0.25, 0.3) is 0 Å². The Morgan fingerprint density at radius 1 is 1.50 bits per heavy atom. The van der Waals surface area contributed by atoms with Crippen LogP contribution >= 0.6 is 11.6 Å². The van der Waals surface area contributed by atoms with Gasteiger partial charge >= 0.3 is 0 Å². The van der Waals surface area contributed by atoms with E-state index in [1.54, 1.807) is 0 Å². The minimum atomic E-state index is -0.337. The minimum absolute atomic E-state index is 0.0217. The molecule has 0 fully saturated rings. The lowest BCUT2D eigenvalue weighted by Crippen LogP contribution is -2.36. The van der Waals surface area contributed by atoms with E-state index in [0.29, 0.717) is 12.4 Å². The Labute approximate surface area is 112 Å². The van der Waals surface area contributed by atoms with Crippen molar-refractivity contribution in [1.29, 1.82) is 0 Å². The fraction of sp³-hybridized carbons (Fsp3) is 0.538. The number of amides is 1. The van der Waals surface area contributed by atoms with Crippen LogP contribution in [-0.4, -0.2) is 23.3 Å². The van der Waals surface area contributed by atoms with Gasteiger partial charge in [0.15, 0.2) is 5.43 Å². The smallest absolute Gasteiger partial charge is 0.256 e. The van der Waals surface area contributed by atoms with Gasteiger partial charge in [-0.3, -0.25) is 9.59 Å². The second-order valence-electron chi connectivity index (χ2n) is 5.06. The molecule has 1 heterocycles. The third-order valence-corrected chi connectivity index (χ3v) is 3.05. The molecule has 1 amide bonds. The fourth-order valence-corrected chi connectivity index (χ4v) is 1.78. The van der Waals surface area contributed by atoms with Crippen molar-refractivity contribution in [1.82, 2.24) is 10.3 Å². The van der Waals surface area contributed by atoms with Crippen LogP contribution in [0.3, 0.4) is 0 Å². The first-order valence-electron chi connectivity index (χ1n) is 5.97. The van der Waals surface area contributed by atoms with Gasteiger partial charge in [-0.2, -0.15) is 0 Å². The molecule has 0 saturated carbocycles. The molecule has 1 rings (SSSR count). The van der Waals surface area contributed by atoms with Gasteiger partial charge in [0.25, 0.3) is 5.91 Å². The number of hydrogen-bond acceptors (Lipinski definition) is 2. The first-order valence-corrected chi connectivity index (χ1v) is 6.51. The minimum Gasteiger partial charge on any atom is -0.367 e. The van der Waals surface area contributed by atoms with Crippen molar-refractivity contribution < 1.29 is 4.79 Å². The lowest BCUT2D eigenvalue weighted by Gasteiger charge is -2.24. The number of carbonyl (C=O) groups excluding carboxylic acids is 1. The van der Waals surface area contributed by atoms with Crippen LogP contribution in [0.5, 0.6) is 0 Å². The highest BCUT2D eigenvalue weighted by atomic mass is 35.5. The van der Waals surface area contributed by atoms with Crippen LogP contribution in [0.15, 0.2) is 23.3 Å². The molecule has 5 heteroatoms. The third-order valence-electron chi connectivity index (χ3n) is 2.78. The molecule has 0 radical (unpaired) electrons. The molecule has 0 atom stereocenters. The van der Waals surface area contributed by atoms with Crippen LogP contribution < -0.4 is 10.7 Å². The van der Waals surface area contributed by atoms with Gasteiger partial charge in [-0.1, -0.05) is 13.8 Å². The van der Waals surface area contributed by atoms with Crippen molar-refractivity contribution in [2.75, 3.05) is 12.4 Å². The molecule has 0 spiro atoms. The number of hydrogen-bond donors (Lipinski definition) is 2. The van der Waals surface area contributed by atoms with E-state index < -0.39 is 0 Å². The van der Waals surface area contributed by atoms with Gasteiger partial charge < -0.3 is 10.3 Å². The summed E-state index contributed by atoms with van der Waals surface area (Å²) in [6.07, 6.45) is 4.77. The predicted octanol–water partition coefficient (Wildman–Crippen LogP) is 2.15. The summed E-state index contributed by atoms with van der Waals surface area (Å²) in [5, 5.41) is 2.79. The van der Waals surface area contributed by atoms with Gasteiger partial charge in [-0.25, -0.2) is 0 Å². The molecule has 100 valence electrons.